The number of aromatic nitrogens is 4. The van der Waals surface area contributed by atoms with Crippen molar-refractivity contribution in [3.05, 3.63) is 55.3 Å². The molecule has 0 aromatic carbocycles. The molecule has 0 saturated carbocycles. The number of rotatable bonds is 10. The van der Waals surface area contributed by atoms with Crippen LogP contribution < -0.4 is 22.7 Å². The van der Waals surface area contributed by atoms with Gasteiger partial charge in [0.2, 0.25) is 0 Å². The molecule has 2 aromatic heterocycles. The molecule has 0 amide bonds. The number of aliphatic hydroxyl groups excluding tert-OH is 2. The third kappa shape index (κ3) is 6.13. The van der Waals surface area contributed by atoms with Crippen LogP contribution in [0.15, 0.2) is 32.8 Å². The number of phosphoric ester groups is 1. The van der Waals surface area contributed by atoms with Crippen LogP contribution in [0.5, 0.6) is 0 Å². The largest absolute Gasteiger partial charge is 0.475 e. The highest BCUT2D eigenvalue weighted by Gasteiger charge is 2.44. The molecule has 38 heavy (non-hydrogen) atoms. The van der Waals surface area contributed by atoms with Crippen molar-refractivity contribution in [3.8, 4) is 0 Å². The van der Waals surface area contributed by atoms with Crippen molar-refractivity contribution in [3.63, 3.8) is 0 Å². The minimum absolute atomic E-state index is 0.0191. The number of anilines is 1. The highest BCUT2D eigenvalue weighted by molar-refractivity contribution is 7.48. The Kier molecular flexibility index (Phi) is 8.64. The summed E-state index contributed by atoms with van der Waals surface area (Å²) in [6, 6.07) is 1.41. The average molecular weight is 559 g/mol. The van der Waals surface area contributed by atoms with E-state index in [9.17, 15) is 29.2 Å². The number of ether oxygens (including phenoxy) is 2. The van der Waals surface area contributed by atoms with Crippen LogP contribution in [-0.2, 0) is 27.6 Å². The first-order valence-corrected chi connectivity index (χ1v) is 13.3. The average Bonchev–Trinajstić information content (AvgIpc) is 3.42. The van der Waals surface area contributed by atoms with E-state index in [0.717, 1.165) is 4.57 Å². The summed E-state index contributed by atoms with van der Waals surface area (Å²) in [6.45, 7) is 2.09. The number of hydrogen-bond acceptors (Lipinski definition) is 13. The topological polar surface area (TPSA) is 219 Å². The number of nitrogens with one attached hydrogen (secondary N) is 1. The molecule has 16 nitrogen and oxygen atoms in total. The van der Waals surface area contributed by atoms with E-state index in [4.69, 9.17) is 28.8 Å². The third-order valence-corrected chi connectivity index (χ3v) is 7.70. The van der Waals surface area contributed by atoms with Crippen LogP contribution in [0, 0.1) is 6.92 Å². The molecule has 2 aliphatic rings. The molecular weight excluding hydrogens is 529 g/mol. The van der Waals surface area contributed by atoms with Gasteiger partial charge in [-0.1, -0.05) is 0 Å². The van der Waals surface area contributed by atoms with E-state index in [-0.39, 0.29) is 30.8 Å². The van der Waals surface area contributed by atoms with E-state index in [1.165, 1.54) is 30.0 Å². The van der Waals surface area contributed by atoms with Gasteiger partial charge in [-0.05, 0) is 19.9 Å². The van der Waals surface area contributed by atoms with Gasteiger partial charge >= 0.3 is 19.2 Å². The minimum Gasteiger partial charge on any atom is -0.394 e. The lowest BCUT2D eigenvalue weighted by Crippen LogP contribution is -2.33. The Labute approximate surface area is 215 Å². The number of phosphoric acid groups is 1. The molecule has 2 aromatic rings. The van der Waals surface area contributed by atoms with Crippen molar-refractivity contribution in [1.29, 1.82) is 0 Å². The Hall–Kier alpha value is -2.69. The smallest absolute Gasteiger partial charge is 0.394 e. The van der Waals surface area contributed by atoms with Gasteiger partial charge in [-0.3, -0.25) is 32.5 Å². The van der Waals surface area contributed by atoms with Crippen molar-refractivity contribution in [2.45, 2.75) is 63.6 Å². The maximum atomic E-state index is 13.4. The Morgan fingerprint density at radius 1 is 1.18 bits per heavy atom. The van der Waals surface area contributed by atoms with Crippen LogP contribution >= 0.6 is 7.82 Å². The van der Waals surface area contributed by atoms with Gasteiger partial charge in [0.15, 0.2) is 0 Å². The zero-order valence-electron chi connectivity index (χ0n) is 20.7. The molecule has 17 heteroatoms. The predicted octanol–water partition coefficient (Wildman–Crippen LogP) is -0.841. The second-order valence-electron chi connectivity index (χ2n) is 8.81. The summed E-state index contributed by atoms with van der Waals surface area (Å²) in [5.41, 5.74) is 3.86. The maximum absolute atomic E-state index is 13.4. The number of H-pyrrole nitrogens is 1. The quantitative estimate of drug-likeness (QED) is 0.261. The van der Waals surface area contributed by atoms with Crippen LogP contribution in [0.3, 0.4) is 0 Å². The number of nitrogen functional groups attached to an aromatic ring is 1. The summed E-state index contributed by atoms with van der Waals surface area (Å²) in [4.78, 5) is 41.9. The Morgan fingerprint density at radius 2 is 1.89 bits per heavy atom. The molecule has 5 N–H and O–H groups in total. The number of nitrogens with zero attached hydrogens (tertiary/aromatic N) is 3. The molecule has 210 valence electrons. The molecule has 2 fully saturated rings. The molecule has 4 heterocycles. The van der Waals surface area contributed by atoms with E-state index in [2.05, 4.69) is 9.97 Å². The van der Waals surface area contributed by atoms with Gasteiger partial charge in [-0.2, -0.15) is 4.98 Å². The molecule has 0 aliphatic carbocycles. The van der Waals surface area contributed by atoms with Crippen molar-refractivity contribution >= 4 is 13.6 Å². The Bertz CT molecular complexity index is 1360. The molecular formula is C21H30N5O11P. The number of nitrogens with two attached hydrogens (primary N) is 1. The lowest BCUT2D eigenvalue weighted by Gasteiger charge is -2.24. The molecule has 0 bridgehead atoms. The lowest BCUT2D eigenvalue weighted by atomic mass is 10.2. The van der Waals surface area contributed by atoms with Crippen LogP contribution in [0.25, 0.3) is 0 Å². The van der Waals surface area contributed by atoms with Gasteiger partial charge < -0.3 is 25.4 Å². The summed E-state index contributed by atoms with van der Waals surface area (Å²) >= 11 is 0. The highest BCUT2D eigenvalue weighted by Crippen LogP contribution is 2.53. The molecule has 2 aliphatic heterocycles. The summed E-state index contributed by atoms with van der Waals surface area (Å²) in [6.07, 6.45) is -3.10. The van der Waals surface area contributed by atoms with Crippen LogP contribution in [0.4, 0.5) is 5.82 Å². The molecule has 0 spiro atoms. The second-order valence-corrected chi connectivity index (χ2v) is 10.4. The second kappa shape index (κ2) is 11.6. The van der Waals surface area contributed by atoms with Crippen molar-refractivity contribution in [2.24, 2.45) is 0 Å². The third-order valence-electron chi connectivity index (χ3n) is 6.13. The van der Waals surface area contributed by atoms with Crippen molar-refractivity contribution in [2.75, 3.05) is 25.6 Å². The fraction of sp³-hybridized carbons (Fsp3) is 0.619. The number of aryl methyl sites for hydroxylation is 1. The van der Waals surface area contributed by atoms with E-state index in [1.807, 2.05) is 0 Å². The van der Waals surface area contributed by atoms with Gasteiger partial charge in [0.1, 0.15) is 36.6 Å². The maximum Gasteiger partial charge on any atom is 0.475 e. The lowest BCUT2D eigenvalue weighted by molar-refractivity contribution is -0.0598. The SMILES string of the molecule is CCOP(=O)(OC[C@H]1O[C@@H](n2ccc(N)nc2=O)C[C@@H]1O)O[C@H]1C[C@H](n2cc(C)c(=O)[nH]c2=O)O[C@@H]1CO. The zero-order chi connectivity index (χ0) is 27.6. The minimum atomic E-state index is -4.28. The molecule has 2 saturated heterocycles. The van der Waals surface area contributed by atoms with E-state index >= 15 is 0 Å². The highest BCUT2D eigenvalue weighted by atomic mass is 31.2. The molecule has 4 rings (SSSR count). The summed E-state index contributed by atoms with van der Waals surface area (Å²) in [5.74, 6) is 0.0411. The number of aromatic amines is 1. The van der Waals surface area contributed by atoms with Gasteiger partial charge in [0.25, 0.3) is 5.56 Å². The van der Waals surface area contributed by atoms with Gasteiger partial charge in [0.05, 0.1) is 25.9 Å². The van der Waals surface area contributed by atoms with E-state index in [0.29, 0.717) is 0 Å². The number of hydrogen-bond donors (Lipinski definition) is 4. The summed E-state index contributed by atoms with van der Waals surface area (Å²) in [5, 5.41) is 20.2. The molecule has 0 radical (unpaired) electrons. The Morgan fingerprint density at radius 3 is 2.58 bits per heavy atom. The van der Waals surface area contributed by atoms with Gasteiger partial charge in [-0.25, -0.2) is 14.2 Å². The van der Waals surface area contributed by atoms with Crippen molar-refractivity contribution < 1.29 is 37.8 Å². The fourth-order valence-electron chi connectivity index (χ4n) is 4.21. The predicted molar refractivity (Wildman–Crippen MR) is 129 cm³/mol. The first-order chi connectivity index (χ1) is 18.0. The zero-order valence-corrected chi connectivity index (χ0v) is 21.6. The van der Waals surface area contributed by atoms with Crippen LogP contribution in [-0.4, -0.2) is 73.6 Å². The molecule has 7 atom stereocenters. The summed E-state index contributed by atoms with van der Waals surface area (Å²) < 4.78 is 43.5. The van der Waals surface area contributed by atoms with E-state index in [1.54, 1.807) is 6.92 Å². The normalized spacial score (nSPS) is 28.9. The fourth-order valence-corrected chi connectivity index (χ4v) is 5.61. The van der Waals surface area contributed by atoms with Crippen molar-refractivity contribution in [1.82, 2.24) is 19.1 Å². The van der Waals surface area contributed by atoms with Gasteiger partial charge in [-0.15, -0.1) is 0 Å². The first kappa shape index (κ1) is 28.3. The number of aliphatic hydroxyl groups is 2. The standard InChI is InChI=1S/C21H30N5O11P/c1-3-33-38(32,34-10-15-12(28)6-17(36-15)25-5-4-16(22)23-20(25)30)37-13-7-18(35-14(13)9-27)26-8-11(2)19(29)24-21(26)31/h4-5,8,12-15,17-18,27-28H,3,6-7,9-10H2,1-2H3,(H2,22,23,30)(H,24,29,31)/t12-,13-,14+,15+,17+,18+,38?/m0/s1. The Balaban J connectivity index is 1.44. The monoisotopic (exact) mass is 559 g/mol. The van der Waals surface area contributed by atoms with Crippen LogP contribution in [0.1, 0.15) is 37.8 Å². The molecule has 1 unspecified atom stereocenters. The van der Waals surface area contributed by atoms with E-state index < -0.39 is 74.8 Å². The van der Waals surface area contributed by atoms with Gasteiger partial charge in [0, 0.05) is 30.8 Å². The van der Waals surface area contributed by atoms with Crippen LogP contribution in [0.2, 0.25) is 0 Å². The first-order valence-electron chi connectivity index (χ1n) is 11.9. The summed E-state index contributed by atoms with van der Waals surface area (Å²) in [7, 11) is -4.28.